The maximum absolute atomic E-state index is 12.6. The summed E-state index contributed by atoms with van der Waals surface area (Å²) in [6.07, 6.45) is 6.05. The van der Waals surface area contributed by atoms with Gasteiger partial charge in [0.1, 0.15) is 11.5 Å². The van der Waals surface area contributed by atoms with Crippen molar-refractivity contribution in [3.63, 3.8) is 0 Å². The Hall–Kier alpha value is -2.94. The number of carbonyl (C=O) groups excluding carboxylic acids is 2. The number of esters is 2. The lowest BCUT2D eigenvalue weighted by atomic mass is 9.86. The molecule has 2 aromatic rings. The van der Waals surface area contributed by atoms with Crippen molar-refractivity contribution in [2.24, 2.45) is 10.8 Å². The molecule has 1 fully saturated rings. The third-order valence-electron chi connectivity index (χ3n) is 7.63. The minimum atomic E-state index is -3.65. The molecule has 1 aromatic heterocycles. The molecule has 0 spiro atoms. The summed E-state index contributed by atoms with van der Waals surface area (Å²) in [5, 5.41) is 10.5. The highest BCUT2D eigenvalue weighted by atomic mass is 31.1. The zero-order valence-electron chi connectivity index (χ0n) is 27.2. The van der Waals surface area contributed by atoms with Crippen LogP contribution < -0.4 is 4.74 Å². The van der Waals surface area contributed by atoms with Crippen molar-refractivity contribution in [3.8, 4) is 11.5 Å². The zero-order valence-corrected chi connectivity index (χ0v) is 28.2. The van der Waals surface area contributed by atoms with Gasteiger partial charge in [0.25, 0.3) is 5.79 Å². The molecule has 0 amide bonds. The van der Waals surface area contributed by atoms with E-state index in [1.165, 1.54) is 6.42 Å². The SMILES string of the molecule is Cc1cc(OC(COC(=O)C(C)(C)C)(COC(=O)C(C)(C)C)O[PH](=O)O)cc(C)c1Cc1ccc(O)c(C2CCCCC2)n1. The maximum atomic E-state index is 12.6. The molecule has 11 heteroatoms. The van der Waals surface area contributed by atoms with E-state index in [0.29, 0.717) is 6.42 Å². The molecule has 244 valence electrons. The highest BCUT2D eigenvalue weighted by Gasteiger charge is 2.42. The first kappa shape index (κ1) is 35.5. The van der Waals surface area contributed by atoms with Crippen LogP contribution in [-0.4, -0.2) is 45.9 Å². The van der Waals surface area contributed by atoms with E-state index in [0.717, 1.165) is 53.8 Å². The van der Waals surface area contributed by atoms with Gasteiger partial charge in [-0.15, -0.1) is 0 Å². The number of aromatic nitrogens is 1. The average molecular weight is 634 g/mol. The molecule has 3 rings (SSSR count). The van der Waals surface area contributed by atoms with Crippen LogP contribution in [0, 0.1) is 24.7 Å². The maximum Gasteiger partial charge on any atom is 0.320 e. The highest BCUT2D eigenvalue weighted by Crippen LogP contribution is 2.37. The number of ether oxygens (including phenoxy) is 3. The van der Waals surface area contributed by atoms with Gasteiger partial charge in [0, 0.05) is 18.0 Å². The molecule has 1 atom stereocenters. The molecule has 1 aliphatic rings. The number of nitrogens with zero attached hydrogens (tertiary/aromatic N) is 1. The van der Waals surface area contributed by atoms with Crippen molar-refractivity contribution >= 4 is 20.2 Å². The molecular formula is C33H48NO9P. The standard InChI is InChI=1S/C33H48NO9P/c1-21-16-25(17-22(2)26(21)18-24-14-15-27(35)28(34-24)23-12-10-9-11-13-23)42-33(43-44(38)39,19-40-29(36)31(3,4)5)20-41-30(37)32(6,7)8/h14-17,23,35,44H,9-13,18-20H2,1-8H3,(H,38,39). The summed E-state index contributed by atoms with van der Waals surface area (Å²) < 4.78 is 34.4. The number of rotatable bonds is 11. The summed E-state index contributed by atoms with van der Waals surface area (Å²) in [7, 11) is -3.65. The molecule has 1 saturated carbocycles. The first-order valence-electron chi connectivity index (χ1n) is 15.1. The summed E-state index contributed by atoms with van der Waals surface area (Å²) in [5.74, 6) is -2.51. The summed E-state index contributed by atoms with van der Waals surface area (Å²) in [6, 6.07) is 7.04. The molecule has 2 N–H and O–H groups in total. The largest absolute Gasteiger partial charge is 0.506 e. The zero-order chi connectivity index (χ0) is 32.9. The molecule has 0 aliphatic heterocycles. The fourth-order valence-corrected chi connectivity index (χ4v) is 5.57. The Morgan fingerprint density at radius 1 is 0.909 bits per heavy atom. The van der Waals surface area contributed by atoms with Crippen molar-refractivity contribution < 1.29 is 42.9 Å². The number of aryl methyl sites for hydroxylation is 2. The van der Waals surface area contributed by atoms with Crippen LogP contribution in [0.2, 0.25) is 0 Å². The highest BCUT2D eigenvalue weighted by molar-refractivity contribution is 7.32. The molecule has 1 unspecified atom stereocenters. The second-order valence-corrected chi connectivity index (χ2v) is 14.5. The number of carbonyl (C=O) groups is 2. The van der Waals surface area contributed by atoms with Crippen LogP contribution in [-0.2, 0) is 34.6 Å². The predicted molar refractivity (Wildman–Crippen MR) is 167 cm³/mol. The van der Waals surface area contributed by atoms with Gasteiger partial charge in [-0.3, -0.25) is 23.7 Å². The summed E-state index contributed by atoms with van der Waals surface area (Å²) in [6.45, 7) is 12.6. The van der Waals surface area contributed by atoms with E-state index in [4.69, 9.17) is 23.7 Å². The fraction of sp³-hybridized carbons (Fsp3) is 0.606. The Labute approximate surface area is 261 Å². The molecule has 1 aliphatic carbocycles. The number of benzene rings is 1. The van der Waals surface area contributed by atoms with Crippen molar-refractivity contribution in [2.45, 2.75) is 106 Å². The Balaban J connectivity index is 1.92. The Morgan fingerprint density at radius 2 is 1.43 bits per heavy atom. The fourth-order valence-electron chi connectivity index (χ4n) is 5.10. The van der Waals surface area contributed by atoms with E-state index in [1.807, 2.05) is 19.9 Å². The van der Waals surface area contributed by atoms with Gasteiger partial charge in [-0.2, -0.15) is 0 Å². The van der Waals surface area contributed by atoms with Crippen LogP contribution >= 0.6 is 8.25 Å². The molecule has 1 aromatic carbocycles. The van der Waals surface area contributed by atoms with E-state index in [-0.39, 0.29) is 17.4 Å². The van der Waals surface area contributed by atoms with E-state index in [1.54, 1.807) is 59.7 Å². The van der Waals surface area contributed by atoms with E-state index in [2.05, 4.69) is 0 Å². The number of hydrogen-bond acceptors (Lipinski definition) is 9. The van der Waals surface area contributed by atoms with Crippen LogP contribution in [0.1, 0.15) is 108 Å². The van der Waals surface area contributed by atoms with Crippen molar-refractivity contribution in [1.29, 1.82) is 0 Å². The molecular weight excluding hydrogens is 585 g/mol. The van der Waals surface area contributed by atoms with Gasteiger partial charge >= 0.3 is 20.2 Å². The second kappa shape index (κ2) is 14.4. The second-order valence-electron chi connectivity index (χ2n) is 13.8. The Kier molecular flexibility index (Phi) is 11.7. The lowest BCUT2D eigenvalue weighted by Crippen LogP contribution is -2.49. The Bertz CT molecular complexity index is 1300. The number of hydrogen-bond donors (Lipinski definition) is 2. The molecule has 0 saturated heterocycles. The van der Waals surface area contributed by atoms with E-state index in [9.17, 15) is 24.2 Å². The topological polar surface area (TPSA) is 141 Å². The first-order valence-corrected chi connectivity index (χ1v) is 16.4. The minimum absolute atomic E-state index is 0.233. The van der Waals surface area contributed by atoms with E-state index < -0.39 is 50.0 Å². The summed E-state index contributed by atoms with van der Waals surface area (Å²) in [5.41, 5.74) is 2.58. The van der Waals surface area contributed by atoms with Crippen molar-refractivity contribution in [2.75, 3.05) is 13.2 Å². The molecule has 0 bridgehead atoms. The Morgan fingerprint density at radius 3 is 1.91 bits per heavy atom. The van der Waals surface area contributed by atoms with Crippen LogP contribution in [0.3, 0.4) is 0 Å². The van der Waals surface area contributed by atoms with Crippen LogP contribution in [0.5, 0.6) is 11.5 Å². The van der Waals surface area contributed by atoms with Crippen molar-refractivity contribution in [3.05, 3.63) is 52.3 Å². The van der Waals surface area contributed by atoms with Gasteiger partial charge in [0.05, 0.1) is 16.5 Å². The van der Waals surface area contributed by atoms with Crippen LogP contribution in [0.4, 0.5) is 0 Å². The lowest BCUT2D eigenvalue weighted by Gasteiger charge is -2.33. The van der Waals surface area contributed by atoms with Gasteiger partial charge in [-0.1, -0.05) is 19.3 Å². The van der Waals surface area contributed by atoms with Gasteiger partial charge in [-0.25, -0.2) is 0 Å². The van der Waals surface area contributed by atoms with Gasteiger partial charge in [-0.05, 0) is 109 Å². The molecule has 44 heavy (non-hydrogen) atoms. The number of aromatic hydroxyl groups is 1. The third kappa shape index (κ3) is 9.78. The minimum Gasteiger partial charge on any atom is -0.506 e. The van der Waals surface area contributed by atoms with Gasteiger partial charge in [0.15, 0.2) is 13.2 Å². The van der Waals surface area contributed by atoms with E-state index >= 15 is 0 Å². The molecule has 0 radical (unpaired) electrons. The molecule has 10 nitrogen and oxygen atoms in total. The van der Waals surface area contributed by atoms with Crippen LogP contribution in [0.25, 0.3) is 0 Å². The third-order valence-corrected chi connectivity index (χ3v) is 8.17. The summed E-state index contributed by atoms with van der Waals surface area (Å²) >= 11 is 0. The van der Waals surface area contributed by atoms with Gasteiger partial charge < -0.3 is 24.2 Å². The summed E-state index contributed by atoms with van der Waals surface area (Å²) in [4.78, 5) is 39.9. The monoisotopic (exact) mass is 633 g/mol. The quantitative estimate of drug-likeness (QED) is 0.156. The first-order chi connectivity index (χ1) is 20.4. The van der Waals surface area contributed by atoms with Crippen molar-refractivity contribution in [1.82, 2.24) is 4.98 Å². The normalized spacial score (nSPS) is 15.5. The average Bonchev–Trinajstić information content (AvgIpc) is 2.92. The molecule has 1 heterocycles. The van der Waals surface area contributed by atoms with Gasteiger partial charge in [0.2, 0.25) is 0 Å². The smallest absolute Gasteiger partial charge is 0.320 e. The van der Waals surface area contributed by atoms with Crippen LogP contribution in [0.15, 0.2) is 24.3 Å². The lowest BCUT2D eigenvalue weighted by molar-refractivity contribution is -0.206. The predicted octanol–water partition coefficient (Wildman–Crippen LogP) is 6.69. The number of pyridine rings is 1.